The Labute approximate surface area is 124 Å². The van der Waals surface area contributed by atoms with Crippen LogP contribution in [0.5, 0.6) is 5.75 Å². The molecule has 0 saturated carbocycles. The molecule has 5 nitrogen and oxygen atoms in total. The Morgan fingerprint density at radius 1 is 1.00 bits per heavy atom. The van der Waals surface area contributed by atoms with Crippen molar-refractivity contribution in [3.63, 3.8) is 0 Å². The van der Waals surface area contributed by atoms with E-state index in [1.54, 1.807) is 36.4 Å². The van der Waals surface area contributed by atoms with Gasteiger partial charge in [0.15, 0.2) is 0 Å². The first-order chi connectivity index (χ1) is 10.1. The lowest BCUT2D eigenvalue weighted by Gasteiger charge is -2.09. The molecule has 0 spiro atoms. The zero-order valence-electron chi connectivity index (χ0n) is 11.4. The first kappa shape index (κ1) is 15.3. The molecule has 0 aliphatic heterocycles. The first-order valence-electron chi connectivity index (χ1n) is 6.53. The molecule has 0 amide bonds. The largest absolute Gasteiger partial charge is 0.494 e. The average molecular weight is 307 g/mol. The van der Waals surface area contributed by atoms with Gasteiger partial charge >= 0.3 is 0 Å². The SMILES string of the molecule is O=S(=O)(Nc1ccccc1)c1ccc(OCCCO)cc1. The topological polar surface area (TPSA) is 75.6 Å². The number of benzene rings is 2. The summed E-state index contributed by atoms with van der Waals surface area (Å²) in [7, 11) is -3.60. The molecule has 0 heterocycles. The van der Waals surface area contributed by atoms with Crippen molar-refractivity contribution in [2.24, 2.45) is 0 Å². The third kappa shape index (κ3) is 4.47. The van der Waals surface area contributed by atoms with Crippen molar-refractivity contribution < 1.29 is 18.3 Å². The molecular formula is C15H17NO4S. The molecule has 2 rings (SSSR count). The van der Waals surface area contributed by atoms with Crippen molar-refractivity contribution >= 4 is 15.7 Å². The summed E-state index contributed by atoms with van der Waals surface area (Å²) in [6, 6.07) is 14.9. The quantitative estimate of drug-likeness (QED) is 0.769. The summed E-state index contributed by atoms with van der Waals surface area (Å²) in [6.07, 6.45) is 0.537. The minimum Gasteiger partial charge on any atom is -0.494 e. The zero-order chi connectivity index (χ0) is 15.1. The van der Waals surface area contributed by atoms with Gasteiger partial charge in [-0.25, -0.2) is 8.42 Å². The van der Waals surface area contributed by atoms with Gasteiger partial charge < -0.3 is 9.84 Å². The molecule has 0 unspecified atom stereocenters. The summed E-state index contributed by atoms with van der Waals surface area (Å²) in [5, 5.41) is 8.67. The fourth-order valence-corrected chi connectivity index (χ4v) is 2.75. The van der Waals surface area contributed by atoms with Crippen LogP contribution in [0.25, 0.3) is 0 Å². The van der Waals surface area contributed by atoms with E-state index in [1.807, 2.05) is 6.07 Å². The van der Waals surface area contributed by atoms with E-state index in [0.29, 0.717) is 24.5 Å². The molecular weight excluding hydrogens is 290 g/mol. The van der Waals surface area contributed by atoms with Crippen LogP contribution < -0.4 is 9.46 Å². The summed E-state index contributed by atoms with van der Waals surface area (Å²) < 4.78 is 32.2. The first-order valence-corrected chi connectivity index (χ1v) is 8.02. The number of rotatable bonds is 7. The maximum atomic E-state index is 12.2. The van der Waals surface area contributed by atoms with E-state index in [2.05, 4.69) is 4.72 Å². The lowest BCUT2D eigenvalue weighted by Crippen LogP contribution is -2.12. The highest BCUT2D eigenvalue weighted by Crippen LogP contribution is 2.19. The standard InChI is InChI=1S/C15H17NO4S/c17-11-4-12-20-14-7-9-15(10-8-14)21(18,19)16-13-5-2-1-3-6-13/h1-3,5-10,16-17H,4,11-12H2. The van der Waals surface area contributed by atoms with E-state index in [0.717, 1.165) is 0 Å². The summed E-state index contributed by atoms with van der Waals surface area (Å²) in [5.74, 6) is 0.571. The summed E-state index contributed by atoms with van der Waals surface area (Å²) in [6.45, 7) is 0.457. The number of hydrogen-bond acceptors (Lipinski definition) is 4. The maximum Gasteiger partial charge on any atom is 0.261 e. The van der Waals surface area contributed by atoms with E-state index in [-0.39, 0.29) is 11.5 Å². The smallest absolute Gasteiger partial charge is 0.261 e. The number of para-hydroxylation sites is 1. The van der Waals surface area contributed by atoms with E-state index < -0.39 is 10.0 Å². The predicted octanol–water partition coefficient (Wildman–Crippen LogP) is 2.25. The molecule has 6 heteroatoms. The highest BCUT2D eigenvalue weighted by Gasteiger charge is 2.13. The van der Waals surface area contributed by atoms with Crippen LogP contribution in [-0.2, 0) is 10.0 Å². The number of ether oxygens (including phenoxy) is 1. The van der Waals surface area contributed by atoms with Crippen LogP contribution in [0.3, 0.4) is 0 Å². The minimum absolute atomic E-state index is 0.0630. The third-order valence-electron chi connectivity index (χ3n) is 2.73. The predicted molar refractivity (Wildman–Crippen MR) is 80.9 cm³/mol. The minimum atomic E-state index is -3.60. The molecule has 0 aliphatic rings. The third-order valence-corrected chi connectivity index (χ3v) is 4.13. The maximum absolute atomic E-state index is 12.2. The molecule has 2 aromatic rings. The van der Waals surface area contributed by atoms with Crippen LogP contribution >= 0.6 is 0 Å². The molecule has 0 atom stereocenters. The molecule has 2 aromatic carbocycles. The van der Waals surface area contributed by atoms with Crippen LogP contribution in [0, 0.1) is 0 Å². The van der Waals surface area contributed by atoms with Gasteiger partial charge in [-0.15, -0.1) is 0 Å². The lowest BCUT2D eigenvalue weighted by atomic mass is 10.3. The Balaban J connectivity index is 2.06. The Kier molecular flexibility index (Phi) is 5.19. The van der Waals surface area contributed by atoms with Gasteiger partial charge in [0.25, 0.3) is 10.0 Å². The summed E-state index contributed by atoms with van der Waals surface area (Å²) >= 11 is 0. The van der Waals surface area contributed by atoms with Gasteiger partial charge in [0.2, 0.25) is 0 Å². The number of sulfonamides is 1. The van der Waals surface area contributed by atoms with Crippen molar-refractivity contribution in [2.45, 2.75) is 11.3 Å². The van der Waals surface area contributed by atoms with Crippen molar-refractivity contribution in [1.82, 2.24) is 0 Å². The highest BCUT2D eigenvalue weighted by atomic mass is 32.2. The molecule has 2 N–H and O–H groups in total. The van der Waals surface area contributed by atoms with Crippen molar-refractivity contribution in [1.29, 1.82) is 0 Å². The molecule has 21 heavy (non-hydrogen) atoms. The second kappa shape index (κ2) is 7.10. The Bertz CT molecular complexity index is 654. The van der Waals surface area contributed by atoms with Crippen molar-refractivity contribution in [3.05, 3.63) is 54.6 Å². The molecule has 112 valence electrons. The normalized spacial score (nSPS) is 11.1. The Hall–Kier alpha value is -2.05. The molecule has 0 aromatic heterocycles. The van der Waals surface area contributed by atoms with Gasteiger partial charge in [-0.05, 0) is 36.4 Å². The van der Waals surface area contributed by atoms with Crippen molar-refractivity contribution in [2.75, 3.05) is 17.9 Å². The molecule has 0 aliphatic carbocycles. The fourth-order valence-electron chi connectivity index (χ4n) is 1.69. The Morgan fingerprint density at radius 2 is 1.67 bits per heavy atom. The zero-order valence-corrected chi connectivity index (χ0v) is 12.2. The Morgan fingerprint density at radius 3 is 2.29 bits per heavy atom. The van der Waals surface area contributed by atoms with Crippen LogP contribution in [0.2, 0.25) is 0 Å². The van der Waals surface area contributed by atoms with Gasteiger partial charge in [-0.3, -0.25) is 4.72 Å². The van der Waals surface area contributed by atoms with Crippen molar-refractivity contribution in [3.8, 4) is 5.75 Å². The second-order valence-corrected chi connectivity index (χ2v) is 6.05. The lowest BCUT2D eigenvalue weighted by molar-refractivity contribution is 0.233. The molecule has 0 fully saturated rings. The molecule has 0 bridgehead atoms. The second-order valence-electron chi connectivity index (χ2n) is 4.37. The monoisotopic (exact) mass is 307 g/mol. The van der Waals surface area contributed by atoms with Gasteiger partial charge in [0.05, 0.1) is 11.5 Å². The van der Waals surface area contributed by atoms with Crippen LogP contribution in [0.1, 0.15) is 6.42 Å². The van der Waals surface area contributed by atoms with Crippen LogP contribution in [0.15, 0.2) is 59.5 Å². The van der Waals surface area contributed by atoms with Gasteiger partial charge in [-0.2, -0.15) is 0 Å². The van der Waals surface area contributed by atoms with Crippen LogP contribution in [0.4, 0.5) is 5.69 Å². The molecule has 0 saturated heterocycles. The van der Waals surface area contributed by atoms with E-state index in [4.69, 9.17) is 9.84 Å². The van der Waals surface area contributed by atoms with Crippen LogP contribution in [-0.4, -0.2) is 26.7 Å². The van der Waals surface area contributed by atoms with Gasteiger partial charge in [0, 0.05) is 18.7 Å². The number of hydrogen-bond donors (Lipinski definition) is 2. The fraction of sp³-hybridized carbons (Fsp3) is 0.200. The number of aliphatic hydroxyl groups excluding tert-OH is 1. The highest BCUT2D eigenvalue weighted by molar-refractivity contribution is 7.92. The van der Waals surface area contributed by atoms with Gasteiger partial charge in [-0.1, -0.05) is 18.2 Å². The summed E-state index contributed by atoms with van der Waals surface area (Å²) in [5.41, 5.74) is 0.515. The average Bonchev–Trinajstić information content (AvgIpc) is 2.49. The van der Waals surface area contributed by atoms with E-state index in [1.165, 1.54) is 12.1 Å². The molecule has 0 radical (unpaired) electrons. The number of anilines is 1. The van der Waals surface area contributed by atoms with Gasteiger partial charge in [0.1, 0.15) is 5.75 Å². The number of aliphatic hydroxyl groups is 1. The van der Waals surface area contributed by atoms with E-state index >= 15 is 0 Å². The van der Waals surface area contributed by atoms with E-state index in [9.17, 15) is 8.42 Å². The number of nitrogens with one attached hydrogen (secondary N) is 1. The summed E-state index contributed by atoms with van der Waals surface area (Å²) in [4.78, 5) is 0.167.